The Morgan fingerprint density at radius 3 is 2.17 bits per heavy atom. The lowest BCUT2D eigenvalue weighted by atomic mass is 10.1. The van der Waals surface area contributed by atoms with E-state index in [1.807, 2.05) is 89.2 Å². The second kappa shape index (κ2) is 22.0. The summed E-state index contributed by atoms with van der Waals surface area (Å²) >= 11 is 0. The van der Waals surface area contributed by atoms with Crippen LogP contribution in [0.5, 0.6) is 0 Å². The number of ether oxygens (including phenoxy) is 1. The van der Waals surface area contributed by atoms with Crippen molar-refractivity contribution in [3.05, 3.63) is 65.7 Å². The molecule has 2 atom stereocenters. The molecule has 0 fully saturated rings. The maximum atomic E-state index is 12.1. The Morgan fingerprint density at radius 1 is 1.02 bits per heavy atom. The fraction of sp³-hybridized carbons (Fsp3) is 0.467. The van der Waals surface area contributed by atoms with Gasteiger partial charge in [0, 0.05) is 12.2 Å². The van der Waals surface area contributed by atoms with Crippen LogP contribution in [0.2, 0.25) is 0 Å². The number of aryl methyl sites for hydroxylation is 1. The molecular weight excluding hydrogens is 508 g/mol. The lowest BCUT2D eigenvalue weighted by Gasteiger charge is -2.15. The van der Waals surface area contributed by atoms with Gasteiger partial charge in [-0.05, 0) is 56.8 Å². The largest absolute Gasteiger partial charge is 0.445 e. The third kappa shape index (κ3) is 17.6. The number of benzene rings is 2. The minimum Gasteiger partial charge on any atom is -0.445 e. The molecule has 2 rings (SSSR count). The molecule has 0 spiro atoms. The van der Waals surface area contributed by atoms with Gasteiger partial charge >= 0.3 is 6.09 Å². The van der Waals surface area contributed by atoms with Gasteiger partial charge in [-0.1, -0.05) is 75.7 Å². The van der Waals surface area contributed by atoms with E-state index in [-0.39, 0.29) is 24.5 Å². The first-order valence-corrected chi connectivity index (χ1v) is 13.7. The second-order valence-electron chi connectivity index (χ2n) is 9.22. The monoisotopic (exact) mass is 556 g/mol. The average Bonchev–Trinajstić information content (AvgIpc) is 2.94. The molecule has 0 aliphatic carbocycles. The van der Waals surface area contributed by atoms with Crippen LogP contribution in [-0.2, 0) is 20.9 Å². The van der Waals surface area contributed by atoms with Crippen molar-refractivity contribution < 1.29 is 19.1 Å². The molecule has 0 heterocycles. The Labute approximate surface area is 239 Å². The third-order valence-corrected chi connectivity index (χ3v) is 5.33. The molecule has 2 aromatic rings. The Balaban J connectivity index is 0.000000719. The molecule has 0 aliphatic rings. The molecule has 0 aliphatic heterocycles. The lowest BCUT2D eigenvalue weighted by Crippen LogP contribution is -2.38. The maximum Gasteiger partial charge on any atom is 0.408 e. The highest BCUT2D eigenvalue weighted by molar-refractivity contribution is 5.94. The van der Waals surface area contributed by atoms with E-state index in [9.17, 15) is 14.4 Å². The summed E-state index contributed by atoms with van der Waals surface area (Å²) in [4.78, 5) is 38.2. The number of anilines is 1. The van der Waals surface area contributed by atoms with Crippen LogP contribution in [0.3, 0.4) is 0 Å². The smallest absolute Gasteiger partial charge is 0.408 e. The van der Waals surface area contributed by atoms with Crippen LogP contribution in [0.4, 0.5) is 10.5 Å². The summed E-state index contributed by atoms with van der Waals surface area (Å²) in [7, 11) is 1.76. The quantitative estimate of drug-likeness (QED) is 0.107. The van der Waals surface area contributed by atoms with Crippen LogP contribution < -0.4 is 27.4 Å². The molecule has 7 N–H and O–H groups in total. The van der Waals surface area contributed by atoms with Gasteiger partial charge in [0.15, 0.2) is 5.96 Å². The van der Waals surface area contributed by atoms with Gasteiger partial charge in [-0.3, -0.25) is 9.79 Å². The number of carbonyl (C=O) groups excluding carboxylic acids is 3. The fourth-order valence-corrected chi connectivity index (χ4v) is 3.35. The highest BCUT2D eigenvalue weighted by Gasteiger charge is 2.16. The highest BCUT2D eigenvalue weighted by atomic mass is 16.5. The first kappa shape index (κ1) is 36.1. The van der Waals surface area contributed by atoms with E-state index in [4.69, 9.17) is 16.2 Å². The first-order valence-electron chi connectivity index (χ1n) is 13.7. The molecule has 0 radical (unpaired) electrons. The number of aldehydes is 1. The summed E-state index contributed by atoms with van der Waals surface area (Å²) in [5.74, 6) is 0.366. The van der Waals surface area contributed by atoms with Gasteiger partial charge in [-0.25, -0.2) is 4.79 Å². The molecular formula is C30H48N6O4. The van der Waals surface area contributed by atoms with Crippen molar-refractivity contribution >= 4 is 29.9 Å². The Morgan fingerprint density at radius 2 is 1.65 bits per heavy atom. The van der Waals surface area contributed by atoms with Crippen molar-refractivity contribution in [2.45, 2.75) is 72.6 Å². The summed E-state index contributed by atoms with van der Waals surface area (Å²) in [6, 6.07) is 16.4. The normalized spacial score (nSPS) is 11.4. The molecule has 10 heteroatoms. The minimum atomic E-state index is -0.559. The number of guanidine groups is 1. The van der Waals surface area contributed by atoms with Crippen molar-refractivity contribution in [2.75, 3.05) is 18.9 Å². The van der Waals surface area contributed by atoms with Crippen molar-refractivity contribution in [1.82, 2.24) is 10.6 Å². The number of aliphatic imine (C=N–C) groups is 1. The molecule has 2 aromatic carbocycles. The number of hydrogen-bond acceptors (Lipinski definition) is 6. The van der Waals surface area contributed by atoms with Crippen LogP contribution in [0, 0.1) is 12.8 Å². The molecule has 2 amide bonds. The minimum absolute atomic E-state index is 0.0546. The van der Waals surface area contributed by atoms with Crippen LogP contribution in [0.25, 0.3) is 0 Å². The zero-order chi connectivity index (χ0) is 30.3. The standard InChI is InChI=1S/C14H23N5O.C14H19NO3.C2H6/c1-10-5-7-11(8-6-10)19-13(20)12(17-2)4-3-9-18-14(15)16;1-11(2)8-13(9-16)15-14(17)18-10-12-6-4-3-5-7-12;1-2/h5-8,12,17H,3-4,9H2,1-2H3,(H,19,20)(H4,15,16,18);3-7,9,11,13H,8,10H2,1-2H3,(H,15,17);1-2H3. The SMILES string of the molecule is CC.CC(C)CC(C=O)NC(=O)OCc1ccccc1.CNC(CCCN=C(N)N)C(=O)Nc1ccc(C)cc1. The first-order chi connectivity index (χ1) is 19.1. The summed E-state index contributed by atoms with van der Waals surface area (Å²) < 4.78 is 5.03. The van der Waals surface area contributed by atoms with E-state index in [0.717, 1.165) is 29.5 Å². The van der Waals surface area contributed by atoms with Crippen molar-refractivity contribution in [3.8, 4) is 0 Å². The van der Waals surface area contributed by atoms with Gasteiger partial charge in [0.05, 0.1) is 12.1 Å². The van der Waals surface area contributed by atoms with Gasteiger partial charge in [0.1, 0.15) is 12.9 Å². The third-order valence-electron chi connectivity index (χ3n) is 5.33. The maximum absolute atomic E-state index is 12.1. The number of carbonyl (C=O) groups is 3. The number of nitrogens with zero attached hydrogens (tertiary/aromatic N) is 1. The van der Waals surface area contributed by atoms with Crippen molar-refractivity contribution in [3.63, 3.8) is 0 Å². The summed E-state index contributed by atoms with van der Waals surface area (Å²) in [6.07, 6.45) is 2.21. The number of nitrogens with one attached hydrogen (secondary N) is 3. The summed E-state index contributed by atoms with van der Waals surface area (Å²) in [5.41, 5.74) is 13.4. The molecule has 40 heavy (non-hydrogen) atoms. The predicted octanol–water partition coefficient (Wildman–Crippen LogP) is 4.13. The summed E-state index contributed by atoms with van der Waals surface area (Å²) in [5, 5.41) is 8.42. The summed E-state index contributed by atoms with van der Waals surface area (Å²) in [6.45, 7) is 10.7. The van der Waals surface area contributed by atoms with Gasteiger partial charge in [-0.15, -0.1) is 0 Å². The van der Waals surface area contributed by atoms with Gasteiger partial charge < -0.3 is 36.9 Å². The van der Waals surface area contributed by atoms with Crippen LogP contribution in [-0.4, -0.2) is 49.9 Å². The van der Waals surface area contributed by atoms with Crippen LogP contribution in [0.1, 0.15) is 58.1 Å². The number of amides is 2. The van der Waals surface area contributed by atoms with Crippen molar-refractivity contribution in [2.24, 2.45) is 22.4 Å². The zero-order valence-corrected chi connectivity index (χ0v) is 24.8. The Hall–Kier alpha value is -3.92. The topological polar surface area (TPSA) is 161 Å². The van der Waals surface area contributed by atoms with Crippen LogP contribution in [0.15, 0.2) is 59.6 Å². The fourth-order valence-electron chi connectivity index (χ4n) is 3.35. The van der Waals surface area contributed by atoms with E-state index in [2.05, 4.69) is 20.9 Å². The number of alkyl carbamates (subject to hydrolysis) is 1. The van der Waals surface area contributed by atoms with Crippen LogP contribution >= 0.6 is 0 Å². The Bertz CT molecular complexity index is 993. The van der Waals surface area contributed by atoms with E-state index in [0.29, 0.717) is 25.3 Å². The average molecular weight is 557 g/mol. The van der Waals surface area contributed by atoms with Crippen molar-refractivity contribution in [1.29, 1.82) is 0 Å². The number of likely N-dealkylation sites (N-methyl/N-ethyl adjacent to an activating group) is 1. The molecule has 10 nitrogen and oxygen atoms in total. The highest BCUT2D eigenvalue weighted by Crippen LogP contribution is 2.10. The van der Waals surface area contributed by atoms with Gasteiger partial charge in [0.25, 0.3) is 0 Å². The number of rotatable bonds is 13. The van der Waals surface area contributed by atoms with E-state index in [1.165, 1.54) is 0 Å². The lowest BCUT2D eigenvalue weighted by molar-refractivity contribution is -0.118. The second-order valence-corrected chi connectivity index (χ2v) is 9.22. The molecule has 0 saturated heterocycles. The predicted molar refractivity (Wildman–Crippen MR) is 163 cm³/mol. The molecule has 0 saturated carbocycles. The van der Waals surface area contributed by atoms with E-state index >= 15 is 0 Å². The van der Waals surface area contributed by atoms with Gasteiger partial charge in [0.2, 0.25) is 5.91 Å². The molecule has 222 valence electrons. The number of hydrogen-bond donors (Lipinski definition) is 5. The van der Waals surface area contributed by atoms with Gasteiger partial charge in [-0.2, -0.15) is 0 Å². The zero-order valence-electron chi connectivity index (χ0n) is 24.8. The Kier molecular flexibility index (Phi) is 19.8. The van der Waals surface area contributed by atoms with E-state index in [1.54, 1.807) is 7.05 Å². The van der Waals surface area contributed by atoms with E-state index < -0.39 is 12.1 Å². The molecule has 0 bridgehead atoms. The molecule has 2 unspecified atom stereocenters. The number of nitrogens with two attached hydrogens (primary N) is 2. The molecule has 0 aromatic heterocycles.